The Bertz CT molecular complexity index is 682. The van der Waals surface area contributed by atoms with Crippen LogP contribution in [0.25, 0.3) is 0 Å². The monoisotopic (exact) mass is 350 g/mol. The number of rotatable bonds is 7. The molecule has 136 valence electrons. The van der Waals surface area contributed by atoms with Gasteiger partial charge in [0, 0.05) is 12.0 Å². The van der Waals surface area contributed by atoms with Crippen LogP contribution in [0.4, 0.5) is 11.4 Å². The molecular weight excluding hydrogens is 328 g/mol. The number of benzene rings is 1. The molecule has 1 aromatic rings. The lowest BCUT2D eigenvalue weighted by Gasteiger charge is -2.16. The Morgan fingerprint density at radius 3 is 2.20 bits per heavy atom. The van der Waals surface area contributed by atoms with Crippen LogP contribution in [0.1, 0.15) is 13.8 Å². The molecule has 0 radical (unpaired) electrons. The quantitative estimate of drug-likeness (QED) is 0.572. The fraction of sp³-hybridized carbons (Fsp3) is 0.353. The fourth-order valence-corrected chi connectivity index (χ4v) is 1.72. The first-order valence-corrected chi connectivity index (χ1v) is 7.46. The minimum Gasteiger partial charge on any atom is -0.497 e. The van der Waals surface area contributed by atoms with Gasteiger partial charge in [0.15, 0.2) is 0 Å². The highest BCUT2D eigenvalue weighted by molar-refractivity contribution is 6.01. The third kappa shape index (κ3) is 5.83. The van der Waals surface area contributed by atoms with Crippen LogP contribution in [0.15, 0.2) is 30.0 Å². The van der Waals surface area contributed by atoms with Gasteiger partial charge in [-0.1, -0.05) is 13.8 Å². The van der Waals surface area contributed by atoms with E-state index in [0.717, 1.165) is 6.08 Å². The summed E-state index contributed by atoms with van der Waals surface area (Å²) in [5.41, 5.74) is 0.621. The number of carbonyl (C=O) groups is 3. The van der Waals surface area contributed by atoms with Gasteiger partial charge in [0.2, 0.25) is 5.91 Å². The van der Waals surface area contributed by atoms with E-state index in [2.05, 4.69) is 20.1 Å². The molecule has 2 N–H and O–H groups in total. The second-order valence-corrected chi connectivity index (χ2v) is 5.25. The molecule has 1 aromatic carbocycles. The van der Waals surface area contributed by atoms with Gasteiger partial charge in [-0.2, -0.15) is 0 Å². The second kappa shape index (κ2) is 9.31. The molecule has 1 rings (SSSR count). The average molecular weight is 350 g/mol. The van der Waals surface area contributed by atoms with Crippen LogP contribution in [-0.2, 0) is 23.9 Å². The molecular formula is C17H22N2O6. The molecule has 0 saturated carbocycles. The predicted molar refractivity (Wildman–Crippen MR) is 92.2 cm³/mol. The summed E-state index contributed by atoms with van der Waals surface area (Å²) in [6.07, 6.45) is 0.958. The van der Waals surface area contributed by atoms with Crippen LogP contribution in [-0.4, -0.2) is 39.2 Å². The summed E-state index contributed by atoms with van der Waals surface area (Å²) in [5, 5.41) is 5.51. The van der Waals surface area contributed by atoms with Crippen molar-refractivity contribution in [3.8, 4) is 5.75 Å². The van der Waals surface area contributed by atoms with Crippen LogP contribution in [0.3, 0.4) is 0 Å². The van der Waals surface area contributed by atoms with Crippen molar-refractivity contribution >= 4 is 29.2 Å². The van der Waals surface area contributed by atoms with Crippen molar-refractivity contribution in [1.29, 1.82) is 0 Å². The zero-order valence-corrected chi connectivity index (χ0v) is 14.8. The number of hydrogen-bond acceptors (Lipinski definition) is 7. The first-order valence-electron chi connectivity index (χ1n) is 7.46. The molecule has 0 spiro atoms. The fourth-order valence-electron chi connectivity index (χ4n) is 1.72. The Balaban J connectivity index is 3.26. The highest BCUT2D eigenvalue weighted by Gasteiger charge is 2.17. The van der Waals surface area contributed by atoms with Gasteiger partial charge >= 0.3 is 11.9 Å². The summed E-state index contributed by atoms with van der Waals surface area (Å²) >= 11 is 0. The van der Waals surface area contributed by atoms with Crippen LogP contribution in [0.5, 0.6) is 5.75 Å². The largest absolute Gasteiger partial charge is 0.497 e. The van der Waals surface area contributed by atoms with Gasteiger partial charge < -0.3 is 24.8 Å². The van der Waals surface area contributed by atoms with Gasteiger partial charge in [0.25, 0.3) is 0 Å². The topological polar surface area (TPSA) is 103 Å². The molecule has 25 heavy (non-hydrogen) atoms. The standard InChI is InChI=1S/C17H22N2O6/c1-10(2)16(21)19-12-7-6-11(23-3)8-13(12)18-14(17(22)25-5)9-15(20)24-4/h6-10,18H,1-5H3,(H,19,21)/b14-9+. The Kier molecular flexibility index (Phi) is 7.45. The maximum Gasteiger partial charge on any atom is 0.354 e. The van der Waals surface area contributed by atoms with Crippen LogP contribution >= 0.6 is 0 Å². The molecule has 1 amide bonds. The normalized spacial score (nSPS) is 10.9. The molecule has 0 saturated heterocycles. The van der Waals surface area contributed by atoms with Crippen LogP contribution < -0.4 is 15.4 Å². The molecule has 0 aliphatic carbocycles. The third-order valence-corrected chi connectivity index (χ3v) is 3.15. The number of nitrogens with one attached hydrogen (secondary N) is 2. The summed E-state index contributed by atoms with van der Waals surface area (Å²) in [7, 11) is 3.85. The smallest absolute Gasteiger partial charge is 0.354 e. The molecule has 0 aliphatic heterocycles. The van der Waals surface area contributed by atoms with Crippen molar-refractivity contribution in [3.63, 3.8) is 0 Å². The van der Waals surface area contributed by atoms with Gasteiger partial charge in [0.1, 0.15) is 11.4 Å². The van der Waals surface area contributed by atoms with Gasteiger partial charge in [-0.3, -0.25) is 4.79 Å². The zero-order chi connectivity index (χ0) is 19.0. The second-order valence-electron chi connectivity index (χ2n) is 5.25. The lowest BCUT2D eigenvalue weighted by atomic mass is 10.2. The summed E-state index contributed by atoms with van der Waals surface area (Å²) in [5.74, 6) is -1.45. The summed E-state index contributed by atoms with van der Waals surface area (Å²) in [4.78, 5) is 35.3. The maximum absolute atomic E-state index is 12.0. The summed E-state index contributed by atoms with van der Waals surface area (Å²) < 4.78 is 14.3. The molecule has 0 unspecified atom stereocenters. The average Bonchev–Trinajstić information content (AvgIpc) is 2.61. The van der Waals surface area contributed by atoms with Crippen LogP contribution in [0.2, 0.25) is 0 Å². The molecule has 0 fully saturated rings. The van der Waals surface area contributed by atoms with E-state index in [1.807, 2.05) is 0 Å². The maximum atomic E-state index is 12.0. The van der Waals surface area contributed by atoms with Gasteiger partial charge in [-0.05, 0) is 12.1 Å². The van der Waals surface area contributed by atoms with Crippen molar-refractivity contribution in [1.82, 2.24) is 0 Å². The van der Waals surface area contributed by atoms with E-state index < -0.39 is 11.9 Å². The van der Waals surface area contributed by atoms with Gasteiger partial charge in [-0.25, -0.2) is 9.59 Å². The molecule has 0 heterocycles. The van der Waals surface area contributed by atoms with E-state index in [-0.39, 0.29) is 17.5 Å². The molecule has 0 atom stereocenters. The molecule has 8 heteroatoms. The number of anilines is 2. The van der Waals surface area contributed by atoms with E-state index in [1.165, 1.54) is 21.3 Å². The van der Waals surface area contributed by atoms with Crippen LogP contribution in [0, 0.1) is 5.92 Å². The molecule has 0 aliphatic rings. The van der Waals surface area contributed by atoms with Crippen molar-refractivity contribution in [2.75, 3.05) is 32.0 Å². The number of esters is 2. The van der Waals surface area contributed by atoms with Gasteiger partial charge in [0.05, 0.1) is 38.8 Å². The SMILES string of the molecule is COC(=O)/C=C(/Nc1cc(OC)ccc1NC(=O)C(C)C)C(=O)OC. The number of carbonyl (C=O) groups excluding carboxylic acids is 3. The first kappa shape index (κ1) is 20.0. The van der Waals surface area contributed by atoms with Gasteiger partial charge in [-0.15, -0.1) is 0 Å². The van der Waals surface area contributed by atoms with Crippen molar-refractivity contribution in [3.05, 3.63) is 30.0 Å². The molecule has 0 aromatic heterocycles. The van der Waals surface area contributed by atoms with E-state index in [1.54, 1.807) is 32.0 Å². The van der Waals surface area contributed by atoms with Crippen molar-refractivity contribution in [2.45, 2.75) is 13.8 Å². The Morgan fingerprint density at radius 2 is 1.68 bits per heavy atom. The lowest BCUT2D eigenvalue weighted by molar-refractivity contribution is -0.138. The molecule has 8 nitrogen and oxygen atoms in total. The van der Waals surface area contributed by atoms with E-state index in [4.69, 9.17) is 4.74 Å². The van der Waals surface area contributed by atoms with E-state index in [0.29, 0.717) is 17.1 Å². The first-order chi connectivity index (χ1) is 11.8. The lowest BCUT2D eigenvalue weighted by Crippen LogP contribution is -2.20. The van der Waals surface area contributed by atoms with E-state index >= 15 is 0 Å². The Labute approximate surface area is 146 Å². The van der Waals surface area contributed by atoms with Crippen molar-refractivity contribution in [2.24, 2.45) is 5.92 Å². The highest BCUT2D eigenvalue weighted by atomic mass is 16.5. The molecule has 0 bridgehead atoms. The summed E-state index contributed by atoms with van der Waals surface area (Å²) in [6, 6.07) is 4.85. The predicted octanol–water partition coefficient (Wildman–Crippen LogP) is 1.93. The summed E-state index contributed by atoms with van der Waals surface area (Å²) in [6.45, 7) is 3.51. The van der Waals surface area contributed by atoms with Crippen molar-refractivity contribution < 1.29 is 28.6 Å². The highest BCUT2D eigenvalue weighted by Crippen LogP contribution is 2.29. The van der Waals surface area contributed by atoms with E-state index in [9.17, 15) is 14.4 Å². The Hall–Kier alpha value is -3.03. The zero-order valence-electron chi connectivity index (χ0n) is 14.8. The minimum atomic E-state index is -0.769. The number of hydrogen-bond donors (Lipinski definition) is 2. The minimum absolute atomic E-state index is 0.150. The number of amides is 1. The number of ether oxygens (including phenoxy) is 3. The number of methoxy groups -OCH3 is 3. The third-order valence-electron chi connectivity index (χ3n) is 3.15. The Morgan fingerprint density at radius 1 is 1.00 bits per heavy atom.